The Bertz CT molecular complexity index is 919. The minimum Gasteiger partial charge on any atom is -0.402 e. The van der Waals surface area contributed by atoms with E-state index in [0.29, 0.717) is 10.6 Å². The van der Waals surface area contributed by atoms with Gasteiger partial charge in [-0.25, -0.2) is 9.79 Å². The van der Waals surface area contributed by atoms with E-state index in [2.05, 4.69) is 4.99 Å². The van der Waals surface area contributed by atoms with Gasteiger partial charge in [0.2, 0.25) is 5.90 Å². The van der Waals surface area contributed by atoms with Gasteiger partial charge in [0.05, 0.1) is 4.92 Å². The fourth-order valence-corrected chi connectivity index (χ4v) is 2.43. The normalized spacial score (nSPS) is 15.3. The van der Waals surface area contributed by atoms with Crippen molar-refractivity contribution in [2.75, 3.05) is 0 Å². The largest absolute Gasteiger partial charge is 0.402 e. The number of hydrogen-bond donors (Lipinski definition) is 0. The number of ether oxygens (including phenoxy) is 1. The molecule has 0 saturated carbocycles. The van der Waals surface area contributed by atoms with Crippen molar-refractivity contribution < 1.29 is 14.5 Å². The third-order valence-electron chi connectivity index (χ3n) is 3.40. The fraction of sp³-hybridized carbons (Fsp3) is 0.0588. The van der Waals surface area contributed by atoms with Crippen LogP contribution in [-0.2, 0) is 9.53 Å². The van der Waals surface area contributed by atoms with E-state index in [9.17, 15) is 14.9 Å². The molecule has 0 atom stereocenters. The molecule has 1 aliphatic rings. The molecule has 0 spiro atoms. The highest BCUT2D eigenvalue weighted by Crippen LogP contribution is 2.27. The van der Waals surface area contributed by atoms with E-state index in [-0.39, 0.29) is 22.8 Å². The molecule has 2 aromatic carbocycles. The maximum Gasteiger partial charge on any atom is 0.363 e. The summed E-state index contributed by atoms with van der Waals surface area (Å²) < 4.78 is 5.11. The third-order valence-corrected chi connectivity index (χ3v) is 3.74. The summed E-state index contributed by atoms with van der Waals surface area (Å²) in [5.41, 5.74) is 1.42. The molecule has 0 amide bonds. The van der Waals surface area contributed by atoms with E-state index in [0.717, 1.165) is 5.56 Å². The van der Waals surface area contributed by atoms with Gasteiger partial charge in [0.1, 0.15) is 5.56 Å². The first-order chi connectivity index (χ1) is 11.5. The van der Waals surface area contributed by atoms with Crippen LogP contribution in [0.25, 0.3) is 6.08 Å². The van der Waals surface area contributed by atoms with Crippen LogP contribution in [-0.4, -0.2) is 16.8 Å². The average molecular weight is 343 g/mol. The number of nitro benzene ring substituents is 1. The maximum absolute atomic E-state index is 12.0. The van der Waals surface area contributed by atoms with Crippen LogP contribution in [0.3, 0.4) is 0 Å². The summed E-state index contributed by atoms with van der Waals surface area (Å²) in [6, 6.07) is 11.5. The molecule has 0 unspecified atom stereocenters. The molecule has 1 heterocycles. The molecular weight excluding hydrogens is 332 g/mol. The molecule has 0 aromatic heterocycles. The molecular formula is C17H11ClN2O4. The highest BCUT2D eigenvalue weighted by atomic mass is 35.5. The predicted molar refractivity (Wildman–Crippen MR) is 89.9 cm³/mol. The molecule has 0 saturated heterocycles. The van der Waals surface area contributed by atoms with E-state index in [1.165, 1.54) is 12.1 Å². The number of carbonyl (C=O) groups is 1. The van der Waals surface area contributed by atoms with Gasteiger partial charge in [0, 0.05) is 11.1 Å². The number of aliphatic imine (C=N–C) groups is 1. The van der Waals surface area contributed by atoms with Crippen LogP contribution in [0, 0.1) is 17.0 Å². The van der Waals surface area contributed by atoms with Crippen molar-refractivity contribution >= 4 is 35.2 Å². The molecule has 0 radical (unpaired) electrons. The average Bonchev–Trinajstić information content (AvgIpc) is 2.90. The Morgan fingerprint density at radius 1 is 1.25 bits per heavy atom. The lowest BCUT2D eigenvalue weighted by atomic mass is 10.1. The van der Waals surface area contributed by atoms with Crippen LogP contribution in [0.5, 0.6) is 0 Å². The second kappa shape index (κ2) is 6.25. The molecule has 1 aliphatic heterocycles. The summed E-state index contributed by atoms with van der Waals surface area (Å²) in [6.45, 7) is 1.78. The zero-order valence-electron chi connectivity index (χ0n) is 12.5. The zero-order valence-corrected chi connectivity index (χ0v) is 13.3. The van der Waals surface area contributed by atoms with Gasteiger partial charge in [-0.1, -0.05) is 35.9 Å². The standard InChI is InChI=1S/C17H11ClN2O4/c1-10-6-7-15(20(22)23)12(8-10)16-19-14(17(21)24-16)9-11-4-2-3-5-13(11)18/h2-9H,1H3. The van der Waals surface area contributed by atoms with Gasteiger partial charge in [-0.05, 0) is 36.3 Å². The number of rotatable bonds is 3. The van der Waals surface area contributed by atoms with Gasteiger partial charge in [-0.3, -0.25) is 10.1 Å². The lowest BCUT2D eigenvalue weighted by Gasteiger charge is -2.02. The number of halogens is 1. The van der Waals surface area contributed by atoms with Crippen molar-refractivity contribution in [1.29, 1.82) is 0 Å². The molecule has 0 aliphatic carbocycles. The lowest BCUT2D eigenvalue weighted by Crippen LogP contribution is -2.08. The quantitative estimate of drug-likeness (QED) is 0.366. The Morgan fingerprint density at radius 2 is 2.00 bits per heavy atom. The van der Waals surface area contributed by atoms with Gasteiger partial charge >= 0.3 is 5.97 Å². The number of hydrogen-bond acceptors (Lipinski definition) is 5. The molecule has 24 heavy (non-hydrogen) atoms. The highest BCUT2D eigenvalue weighted by Gasteiger charge is 2.29. The number of benzene rings is 2. The Hall–Kier alpha value is -2.99. The minimum absolute atomic E-state index is 0.0360. The molecule has 0 fully saturated rings. The molecule has 0 N–H and O–H groups in total. The smallest absolute Gasteiger partial charge is 0.363 e. The molecule has 6 nitrogen and oxygen atoms in total. The van der Waals surface area contributed by atoms with Crippen molar-refractivity contribution in [3.05, 3.63) is 80.0 Å². The summed E-state index contributed by atoms with van der Waals surface area (Å²) >= 11 is 6.06. The molecule has 3 rings (SSSR count). The van der Waals surface area contributed by atoms with Crippen LogP contribution >= 0.6 is 11.6 Å². The Morgan fingerprint density at radius 3 is 2.71 bits per heavy atom. The van der Waals surface area contributed by atoms with E-state index < -0.39 is 10.9 Å². The van der Waals surface area contributed by atoms with Gasteiger partial charge in [-0.2, -0.15) is 0 Å². The molecule has 120 valence electrons. The van der Waals surface area contributed by atoms with Crippen molar-refractivity contribution in [3.8, 4) is 0 Å². The van der Waals surface area contributed by atoms with Crippen molar-refractivity contribution in [1.82, 2.24) is 0 Å². The number of nitro groups is 1. The number of esters is 1. The van der Waals surface area contributed by atoms with Gasteiger partial charge in [0.25, 0.3) is 5.69 Å². The fourth-order valence-electron chi connectivity index (χ4n) is 2.24. The topological polar surface area (TPSA) is 81.8 Å². The van der Waals surface area contributed by atoms with Crippen molar-refractivity contribution in [2.24, 2.45) is 4.99 Å². The van der Waals surface area contributed by atoms with Crippen molar-refractivity contribution in [2.45, 2.75) is 6.92 Å². The number of cyclic esters (lactones) is 1. The number of aryl methyl sites for hydroxylation is 1. The van der Waals surface area contributed by atoms with Gasteiger partial charge in [-0.15, -0.1) is 0 Å². The van der Waals surface area contributed by atoms with Crippen LogP contribution in [0.4, 0.5) is 5.69 Å². The Kier molecular flexibility index (Phi) is 4.14. The Balaban J connectivity index is 2.06. The highest BCUT2D eigenvalue weighted by molar-refractivity contribution is 6.32. The first kappa shape index (κ1) is 15.9. The van der Waals surface area contributed by atoms with Gasteiger partial charge in [0.15, 0.2) is 5.70 Å². The minimum atomic E-state index is -0.680. The zero-order chi connectivity index (χ0) is 17.3. The first-order valence-corrected chi connectivity index (χ1v) is 7.36. The van der Waals surface area contributed by atoms with E-state index in [4.69, 9.17) is 16.3 Å². The van der Waals surface area contributed by atoms with Gasteiger partial charge < -0.3 is 4.74 Å². The van der Waals surface area contributed by atoms with E-state index >= 15 is 0 Å². The molecule has 0 bridgehead atoms. The Labute approximate surface area is 142 Å². The SMILES string of the molecule is Cc1ccc([N+](=O)[O-])c(C2=NC(=Cc3ccccc3Cl)C(=O)O2)c1. The van der Waals surface area contributed by atoms with Crippen molar-refractivity contribution in [3.63, 3.8) is 0 Å². The molecule has 2 aromatic rings. The predicted octanol–water partition coefficient (Wildman–Crippen LogP) is 3.90. The van der Waals surface area contributed by atoms with E-state index in [1.54, 1.807) is 43.3 Å². The first-order valence-electron chi connectivity index (χ1n) is 6.98. The molecule has 7 heteroatoms. The van der Waals surface area contributed by atoms with E-state index in [1.807, 2.05) is 0 Å². The summed E-state index contributed by atoms with van der Waals surface area (Å²) in [6.07, 6.45) is 1.49. The number of carbonyl (C=O) groups excluding carboxylic acids is 1. The lowest BCUT2D eigenvalue weighted by molar-refractivity contribution is -0.385. The summed E-state index contributed by atoms with van der Waals surface area (Å²) in [5.74, 6) is -0.769. The summed E-state index contributed by atoms with van der Waals surface area (Å²) in [7, 11) is 0. The summed E-state index contributed by atoms with van der Waals surface area (Å²) in [5, 5.41) is 11.6. The maximum atomic E-state index is 12.0. The van der Waals surface area contributed by atoms with Crippen LogP contribution in [0.15, 0.2) is 53.2 Å². The van der Waals surface area contributed by atoms with Crippen LogP contribution in [0.2, 0.25) is 5.02 Å². The number of nitrogens with zero attached hydrogens (tertiary/aromatic N) is 2. The monoisotopic (exact) mass is 342 g/mol. The third kappa shape index (κ3) is 3.04. The second-order valence-corrected chi connectivity index (χ2v) is 5.54. The van der Waals surface area contributed by atoms with Crippen LogP contribution in [0.1, 0.15) is 16.7 Å². The second-order valence-electron chi connectivity index (χ2n) is 5.14. The summed E-state index contributed by atoms with van der Waals surface area (Å²) in [4.78, 5) is 26.8. The van der Waals surface area contributed by atoms with Crippen LogP contribution < -0.4 is 0 Å².